The van der Waals surface area contributed by atoms with Crippen LogP contribution in [-0.2, 0) is 21.4 Å². The highest BCUT2D eigenvalue weighted by Crippen LogP contribution is 2.18. The van der Waals surface area contributed by atoms with E-state index in [4.69, 9.17) is 9.47 Å². The zero-order valence-corrected chi connectivity index (χ0v) is 16.5. The maximum absolute atomic E-state index is 12.3. The zero-order valence-electron chi connectivity index (χ0n) is 16.5. The van der Waals surface area contributed by atoms with Crippen molar-refractivity contribution in [3.8, 4) is 5.75 Å². The van der Waals surface area contributed by atoms with Crippen LogP contribution in [-0.4, -0.2) is 47.3 Å². The van der Waals surface area contributed by atoms with Gasteiger partial charge < -0.3 is 20.1 Å². The average Bonchev–Trinajstić information content (AvgIpc) is 2.92. The molecule has 0 saturated heterocycles. The third-order valence-electron chi connectivity index (χ3n) is 4.16. The van der Waals surface area contributed by atoms with E-state index in [0.29, 0.717) is 22.7 Å². The third kappa shape index (κ3) is 5.09. The SMILES string of the molecule is COc1cccc(C(=O)NCC(=O)O[C@@H](C)C(=O)Nc2c(C)nn(C)c2C)c1. The predicted molar refractivity (Wildman–Crippen MR) is 102 cm³/mol. The van der Waals surface area contributed by atoms with Crippen LogP contribution in [0.5, 0.6) is 5.75 Å². The minimum atomic E-state index is -1.03. The van der Waals surface area contributed by atoms with Crippen LogP contribution >= 0.6 is 0 Å². The molecule has 0 radical (unpaired) electrons. The van der Waals surface area contributed by atoms with E-state index in [1.807, 2.05) is 6.92 Å². The van der Waals surface area contributed by atoms with Crippen LogP contribution in [0.1, 0.15) is 28.7 Å². The van der Waals surface area contributed by atoms with Gasteiger partial charge in [-0.25, -0.2) is 0 Å². The minimum Gasteiger partial charge on any atom is -0.497 e. The van der Waals surface area contributed by atoms with Gasteiger partial charge in [0.05, 0.1) is 24.2 Å². The number of aromatic nitrogens is 2. The molecule has 0 bridgehead atoms. The average molecular weight is 388 g/mol. The van der Waals surface area contributed by atoms with Gasteiger partial charge >= 0.3 is 5.97 Å². The number of amides is 2. The number of rotatable bonds is 7. The molecule has 0 aliphatic rings. The van der Waals surface area contributed by atoms with Gasteiger partial charge in [0.1, 0.15) is 12.3 Å². The van der Waals surface area contributed by atoms with Crippen molar-refractivity contribution in [1.29, 1.82) is 0 Å². The summed E-state index contributed by atoms with van der Waals surface area (Å²) in [7, 11) is 3.27. The van der Waals surface area contributed by atoms with Gasteiger partial charge in [0.15, 0.2) is 6.10 Å². The van der Waals surface area contributed by atoms with Crippen molar-refractivity contribution in [2.45, 2.75) is 26.9 Å². The van der Waals surface area contributed by atoms with E-state index in [0.717, 1.165) is 5.69 Å². The molecule has 2 rings (SSSR count). The summed E-state index contributed by atoms with van der Waals surface area (Å²) < 4.78 is 11.8. The van der Waals surface area contributed by atoms with E-state index in [1.54, 1.807) is 42.9 Å². The summed E-state index contributed by atoms with van der Waals surface area (Å²) in [6.07, 6.45) is -1.03. The van der Waals surface area contributed by atoms with E-state index in [1.165, 1.54) is 14.0 Å². The zero-order chi connectivity index (χ0) is 20.8. The summed E-state index contributed by atoms with van der Waals surface area (Å²) in [5.74, 6) is -1.12. The maximum atomic E-state index is 12.3. The highest BCUT2D eigenvalue weighted by atomic mass is 16.5. The summed E-state index contributed by atoms with van der Waals surface area (Å²) in [5.41, 5.74) is 2.38. The molecule has 0 spiro atoms. The topological polar surface area (TPSA) is 112 Å². The van der Waals surface area contributed by atoms with Crippen LogP contribution in [0.4, 0.5) is 5.69 Å². The fourth-order valence-electron chi connectivity index (χ4n) is 2.49. The molecule has 150 valence electrons. The molecule has 28 heavy (non-hydrogen) atoms. The largest absolute Gasteiger partial charge is 0.497 e. The van der Waals surface area contributed by atoms with Crippen LogP contribution in [0, 0.1) is 13.8 Å². The first-order valence-corrected chi connectivity index (χ1v) is 8.65. The van der Waals surface area contributed by atoms with Crippen molar-refractivity contribution in [3.05, 3.63) is 41.2 Å². The first-order chi connectivity index (χ1) is 13.2. The second kappa shape index (κ2) is 9.03. The number of esters is 1. The van der Waals surface area contributed by atoms with Crippen molar-refractivity contribution in [2.24, 2.45) is 7.05 Å². The lowest BCUT2D eigenvalue weighted by atomic mass is 10.2. The number of nitrogens with zero attached hydrogens (tertiary/aromatic N) is 2. The number of benzene rings is 1. The Kier molecular flexibility index (Phi) is 6.75. The summed E-state index contributed by atoms with van der Waals surface area (Å²) in [4.78, 5) is 36.3. The molecule has 1 heterocycles. The minimum absolute atomic E-state index is 0.348. The second-order valence-electron chi connectivity index (χ2n) is 6.21. The molecule has 1 atom stereocenters. The Morgan fingerprint density at radius 3 is 2.57 bits per heavy atom. The third-order valence-corrected chi connectivity index (χ3v) is 4.16. The molecule has 2 N–H and O–H groups in total. The van der Waals surface area contributed by atoms with E-state index in [9.17, 15) is 14.4 Å². The van der Waals surface area contributed by atoms with Gasteiger partial charge in [-0.15, -0.1) is 0 Å². The van der Waals surface area contributed by atoms with Gasteiger partial charge in [-0.1, -0.05) is 6.07 Å². The molecule has 0 unspecified atom stereocenters. The highest BCUT2D eigenvalue weighted by molar-refractivity contribution is 5.98. The van der Waals surface area contributed by atoms with Crippen molar-refractivity contribution >= 4 is 23.5 Å². The molecule has 0 aliphatic carbocycles. The number of hydrogen-bond acceptors (Lipinski definition) is 6. The first-order valence-electron chi connectivity index (χ1n) is 8.65. The molecule has 9 heteroatoms. The van der Waals surface area contributed by atoms with E-state index in [2.05, 4.69) is 15.7 Å². The Labute approximate surface area is 163 Å². The molecule has 9 nitrogen and oxygen atoms in total. The Bertz CT molecular complexity index is 890. The number of methoxy groups -OCH3 is 1. The first kappa shape index (κ1) is 20.9. The van der Waals surface area contributed by atoms with E-state index < -0.39 is 23.9 Å². The molecule has 0 saturated carbocycles. The van der Waals surface area contributed by atoms with Gasteiger partial charge in [-0.3, -0.25) is 19.1 Å². The summed E-state index contributed by atoms with van der Waals surface area (Å²) in [5, 5.41) is 9.37. The number of carbonyl (C=O) groups is 3. The van der Waals surface area contributed by atoms with Gasteiger partial charge in [0.25, 0.3) is 11.8 Å². The quantitative estimate of drug-likeness (QED) is 0.693. The number of anilines is 1. The Balaban J connectivity index is 1.86. The van der Waals surface area contributed by atoms with Crippen LogP contribution in [0.3, 0.4) is 0 Å². The van der Waals surface area contributed by atoms with Crippen LogP contribution < -0.4 is 15.4 Å². The lowest BCUT2D eigenvalue weighted by molar-refractivity contribution is -0.152. The Morgan fingerprint density at radius 2 is 1.96 bits per heavy atom. The van der Waals surface area contributed by atoms with Crippen molar-refractivity contribution in [3.63, 3.8) is 0 Å². The number of ether oxygens (including phenoxy) is 2. The maximum Gasteiger partial charge on any atom is 0.326 e. The normalized spacial score (nSPS) is 11.5. The van der Waals surface area contributed by atoms with Gasteiger partial charge in [0, 0.05) is 12.6 Å². The van der Waals surface area contributed by atoms with Crippen LogP contribution in [0.15, 0.2) is 24.3 Å². The van der Waals surface area contributed by atoms with Gasteiger partial charge in [0.2, 0.25) is 0 Å². The second-order valence-corrected chi connectivity index (χ2v) is 6.21. The monoisotopic (exact) mass is 388 g/mol. The van der Waals surface area contributed by atoms with Gasteiger partial charge in [-0.2, -0.15) is 5.10 Å². The smallest absolute Gasteiger partial charge is 0.326 e. The highest BCUT2D eigenvalue weighted by Gasteiger charge is 2.21. The molecule has 0 aliphatic heterocycles. The summed E-state index contributed by atoms with van der Waals surface area (Å²) in [6, 6.07) is 6.52. The molecule has 1 aromatic carbocycles. The lowest BCUT2D eigenvalue weighted by Gasteiger charge is -2.14. The van der Waals surface area contributed by atoms with Gasteiger partial charge in [-0.05, 0) is 39.0 Å². The number of hydrogen-bond donors (Lipinski definition) is 2. The molecule has 2 aromatic rings. The van der Waals surface area contributed by atoms with Crippen molar-refractivity contribution in [2.75, 3.05) is 19.0 Å². The molecule has 1 aromatic heterocycles. The molecular formula is C19H24N4O5. The fraction of sp³-hybridized carbons (Fsp3) is 0.368. The number of carbonyl (C=O) groups excluding carboxylic acids is 3. The summed E-state index contributed by atoms with van der Waals surface area (Å²) in [6.45, 7) is 4.69. The predicted octanol–water partition coefficient (Wildman–Crippen LogP) is 1.35. The van der Waals surface area contributed by atoms with Crippen molar-refractivity contribution in [1.82, 2.24) is 15.1 Å². The number of nitrogens with one attached hydrogen (secondary N) is 2. The molecule has 0 fully saturated rings. The number of aryl methyl sites for hydroxylation is 2. The Morgan fingerprint density at radius 1 is 1.25 bits per heavy atom. The van der Waals surface area contributed by atoms with Crippen LogP contribution in [0.2, 0.25) is 0 Å². The molecule has 2 amide bonds. The van der Waals surface area contributed by atoms with Crippen LogP contribution in [0.25, 0.3) is 0 Å². The summed E-state index contributed by atoms with van der Waals surface area (Å²) >= 11 is 0. The van der Waals surface area contributed by atoms with Crippen molar-refractivity contribution < 1.29 is 23.9 Å². The fourth-order valence-corrected chi connectivity index (χ4v) is 2.49. The Hall–Kier alpha value is -3.36. The van der Waals surface area contributed by atoms with E-state index >= 15 is 0 Å². The standard InChI is InChI=1S/C19H24N4O5/c1-11-17(12(2)23(4)22-11)21-18(25)13(3)28-16(24)10-20-19(26)14-7-6-8-15(9-14)27-5/h6-9,13H,10H2,1-5H3,(H,20,26)(H,21,25)/t13-/m0/s1. The van der Waals surface area contributed by atoms with E-state index in [-0.39, 0.29) is 6.54 Å². The lowest BCUT2D eigenvalue weighted by Crippen LogP contribution is -2.36. The molecular weight excluding hydrogens is 364 g/mol.